The number of nitrogens with zero attached hydrogens (tertiary/aromatic N) is 3. The summed E-state index contributed by atoms with van der Waals surface area (Å²) in [4.78, 5) is 18.8. The van der Waals surface area contributed by atoms with Crippen molar-refractivity contribution in [3.8, 4) is 0 Å². The van der Waals surface area contributed by atoms with E-state index in [4.69, 9.17) is 5.41 Å². The Kier molecular flexibility index (Phi) is 5.95. The second-order valence-electron chi connectivity index (χ2n) is 6.69. The van der Waals surface area contributed by atoms with E-state index in [9.17, 15) is 18.1 Å². The van der Waals surface area contributed by atoms with Crippen molar-refractivity contribution in [3.05, 3.63) is 40.4 Å². The van der Waals surface area contributed by atoms with Gasteiger partial charge in [-0.25, -0.2) is 4.98 Å². The highest BCUT2D eigenvalue weighted by Crippen LogP contribution is 2.36. The van der Waals surface area contributed by atoms with E-state index in [1.165, 1.54) is 7.05 Å². The third kappa shape index (κ3) is 5.39. The van der Waals surface area contributed by atoms with Gasteiger partial charge >= 0.3 is 6.18 Å². The van der Waals surface area contributed by atoms with E-state index >= 15 is 0 Å². The SMILES string of the molecule is C[N+](=O)CCNc1cccc(Nc2ncc(C(F)(F)F)c(NC3CC3)n2)c1C=N. The fourth-order valence-corrected chi connectivity index (χ4v) is 2.63. The molecule has 0 atom stereocenters. The van der Waals surface area contributed by atoms with Gasteiger partial charge in [0, 0.05) is 34.6 Å². The van der Waals surface area contributed by atoms with Crippen LogP contribution in [0.1, 0.15) is 24.0 Å². The molecule has 154 valence electrons. The van der Waals surface area contributed by atoms with E-state index < -0.39 is 11.7 Å². The van der Waals surface area contributed by atoms with E-state index in [1.54, 1.807) is 18.2 Å². The molecule has 0 spiro atoms. The molecule has 4 N–H and O–H groups in total. The molecule has 1 saturated carbocycles. The average Bonchev–Trinajstić information content (AvgIpc) is 3.45. The van der Waals surface area contributed by atoms with Crippen LogP contribution >= 0.6 is 0 Å². The summed E-state index contributed by atoms with van der Waals surface area (Å²) in [5, 5.41) is 16.4. The second kappa shape index (κ2) is 8.41. The van der Waals surface area contributed by atoms with Crippen molar-refractivity contribution in [2.24, 2.45) is 0 Å². The first-order valence-electron chi connectivity index (χ1n) is 9.01. The Labute approximate surface area is 165 Å². The minimum Gasteiger partial charge on any atom is -0.378 e. The Hall–Kier alpha value is -3.24. The lowest BCUT2D eigenvalue weighted by atomic mass is 10.1. The Bertz CT molecular complexity index is 913. The number of anilines is 4. The molecule has 1 aromatic heterocycles. The van der Waals surface area contributed by atoms with Gasteiger partial charge in [0.05, 0.1) is 12.2 Å². The zero-order valence-corrected chi connectivity index (χ0v) is 15.7. The summed E-state index contributed by atoms with van der Waals surface area (Å²) in [6.07, 6.45) is -1.10. The molecule has 29 heavy (non-hydrogen) atoms. The lowest BCUT2D eigenvalue weighted by Crippen LogP contribution is -2.16. The van der Waals surface area contributed by atoms with Crippen LogP contribution in [0.5, 0.6) is 0 Å². The predicted molar refractivity (Wildman–Crippen MR) is 104 cm³/mol. The molecule has 0 aliphatic heterocycles. The Balaban J connectivity index is 1.85. The predicted octanol–water partition coefficient (Wildman–Crippen LogP) is 3.63. The van der Waals surface area contributed by atoms with Gasteiger partial charge in [0.1, 0.15) is 11.4 Å². The van der Waals surface area contributed by atoms with Gasteiger partial charge in [-0.2, -0.15) is 18.2 Å². The Morgan fingerprint density at radius 3 is 2.66 bits per heavy atom. The van der Waals surface area contributed by atoms with Crippen molar-refractivity contribution in [1.29, 1.82) is 5.41 Å². The van der Waals surface area contributed by atoms with Crippen LogP contribution in [0.2, 0.25) is 0 Å². The van der Waals surface area contributed by atoms with E-state index in [0.717, 1.165) is 30.0 Å². The minimum absolute atomic E-state index is 0.0114. The summed E-state index contributed by atoms with van der Waals surface area (Å²) in [5.41, 5.74) is 0.619. The van der Waals surface area contributed by atoms with Crippen molar-refractivity contribution in [2.75, 3.05) is 36.1 Å². The molecular weight excluding hydrogens is 387 g/mol. The number of likely N-dealkylation sites (N-methyl/N-ethyl adjacent to an activating group) is 1. The number of halogens is 3. The van der Waals surface area contributed by atoms with Crippen molar-refractivity contribution in [3.63, 3.8) is 0 Å². The van der Waals surface area contributed by atoms with Gasteiger partial charge in [-0.15, -0.1) is 0 Å². The maximum absolute atomic E-state index is 13.2. The molecule has 2 aromatic rings. The average molecular weight is 408 g/mol. The third-order valence-corrected chi connectivity index (χ3v) is 4.25. The Morgan fingerprint density at radius 2 is 2.03 bits per heavy atom. The van der Waals surface area contributed by atoms with Gasteiger partial charge in [0.15, 0.2) is 7.05 Å². The van der Waals surface area contributed by atoms with Crippen molar-refractivity contribution < 1.29 is 17.9 Å². The molecule has 11 heteroatoms. The summed E-state index contributed by atoms with van der Waals surface area (Å²) in [5.74, 6) is -0.276. The molecule has 1 aliphatic carbocycles. The molecule has 1 fully saturated rings. The number of benzene rings is 1. The summed E-state index contributed by atoms with van der Waals surface area (Å²) < 4.78 is 40.4. The first-order valence-corrected chi connectivity index (χ1v) is 9.01. The molecule has 0 bridgehead atoms. The normalized spacial score (nSPS) is 13.7. The van der Waals surface area contributed by atoms with E-state index in [-0.39, 0.29) is 24.4 Å². The number of rotatable bonds is 9. The standard InChI is InChI=1S/C18H21F3N7O/c1-28(29)8-7-23-14-3-2-4-15(12(14)9-22)26-17-24-10-13(18(19,20)21)16(27-17)25-11-5-6-11/h2-4,9-11,22-23H,5-8H2,1H3,(H2,24,25,26,27)/q+1. The van der Waals surface area contributed by atoms with Gasteiger partial charge < -0.3 is 21.4 Å². The van der Waals surface area contributed by atoms with Crippen molar-refractivity contribution in [1.82, 2.24) is 9.97 Å². The smallest absolute Gasteiger partial charge is 0.378 e. The molecular formula is C18H21F3N7O+. The molecule has 1 heterocycles. The molecule has 0 saturated heterocycles. The highest BCUT2D eigenvalue weighted by molar-refractivity contribution is 5.94. The maximum atomic E-state index is 13.2. The summed E-state index contributed by atoms with van der Waals surface area (Å²) in [7, 11) is 1.41. The fourth-order valence-electron chi connectivity index (χ4n) is 2.63. The van der Waals surface area contributed by atoms with Gasteiger partial charge in [-0.3, -0.25) is 0 Å². The molecule has 0 amide bonds. The molecule has 0 radical (unpaired) electrons. The van der Waals surface area contributed by atoms with Crippen molar-refractivity contribution >= 4 is 29.4 Å². The first kappa shape index (κ1) is 20.5. The highest BCUT2D eigenvalue weighted by atomic mass is 19.4. The van der Waals surface area contributed by atoms with Crippen LogP contribution in [0.4, 0.5) is 36.3 Å². The monoisotopic (exact) mass is 408 g/mol. The van der Waals surface area contributed by atoms with E-state index in [1.807, 2.05) is 0 Å². The van der Waals surface area contributed by atoms with Crippen LogP contribution in [0.25, 0.3) is 0 Å². The zero-order chi connectivity index (χ0) is 21.0. The minimum atomic E-state index is -4.56. The van der Waals surface area contributed by atoms with Gasteiger partial charge in [0.25, 0.3) is 0 Å². The second-order valence-corrected chi connectivity index (χ2v) is 6.69. The number of aromatic nitrogens is 2. The van der Waals surface area contributed by atoms with E-state index in [0.29, 0.717) is 23.5 Å². The largest absolute Gasteiger partial charge is 0.421 e. The number of hydrogen-bond acceptors (Lipinski definition) is 7. The molecule has 0 unspecified atom stereocenters. The van der Waals surface area contributed by atoms with Crippen molar-refractivity contribution in [2.45, 2.75) is 25.1 Å². The number of hydrogen-bond donors (Lipinski definition) is 4. The summed E-state index contributed by atoms with van der Waals surface area (Å²) >= 11 is 0. The fraction of sp³-hybridized carbons (Fsp3) is 0.389. The van der Waals surface area contributed by atoms with Gasteiger partial charge in [-0.05, 0) is 29.7 Å². The van der Waals surface area contributed by atoms with Crippen LogP contribution in [-0.4, -0.2) is 47.1 Å². The lowest BCUT2D eigenvalue weighted by molar-refractivity contribution is -0.515. The van der Waals surface area contributed by atoms with E-state index in [2.05, 4.69) is 25.9 Å². The number of alkyl halides is 3. The summed E-state index contributed by atoms with van der Waals surface area (Å²) in [6, 6.07) is 5.11. The lowest BCUT2D eigenvalue weighted by Gasteiger charge is -2.16. The number of nitrogens with one attached hydrogen (secondary N) is 4. The molecule has 1 aliphatic rings. The van der Waals surface area contributed by atoms with Gasteiger partial charge in [0.2, 0.25) is 12.5 Å². The first-order chi connectivity index (χ1) is 13.8. The molecule has 3 rings (SSSR count). The van der Waals surface area contributed by atoms with Crippen LogP contribution < -0.4 is 16.0 Å². The highest BCUT2D eigenvalue weighted by Gasteiger charge is 2.36. The van der Waals surface area contributed by atoms with Crippen LogP contribution in [-0.2, 0) is 6.18 Å². The van der Waals surface area contributed by atoms with Crippen LogP contribution in [0.15, 0.2) is 24.4 Å². The number of nitroso groups, excluding NO2 is 1. The quantitative estimate of drug-likeness (QED) is 0.373. The maximum Gasteiger partial charge on any atom is 0.421 e. The zero-order valence-electron chi connectivity index (χ0n) is 15.7. The van der Waals surface area contributed by atoms with Gasteiger partial charge in [-0.1, -0.05) is 6.07 Å². The third-order valence-electron chi connectivity index (χ3n) is 4.25. The Morgan fingerprint density at radius 1 is 1.31 bits per heavy atom. The summed E-state index contributed by atoms with van der Waals surface area (Å²) in [6.45, 7) is 0.629. The van der Waals surface area contributed by atoms with Crippen LogP contribution in [0, 0.1) is 10.3 Å². The molecule has 1 aromatic carbocycles. The topological polar surface area (TPSA) is 106 Å². The molecule has 8 nitrogen and oxygen atoms in total. The van der Waals surface area contributed by atoms with Crippen LogP contribution in [0.3, 0.4) is 0 Å².